The Hall–Kier alpha value is -7.74. The summed E-state index contributed by atoms with van der Waals surface area (Å²) in [6, 6.07) is 32.9. The van der Waals surface area contributed by atoms with Crippen molar-refractivity contribution in [2.75, 3.05) is 0 Å². The lowest BCUT2D eigenvalue weighted by Gasteiger charge is -2.15. The molecule has 2 N–H and O–H groups in total. The van der Waals surface area contributed by atoms with Crippen LogP contribution in [0.1, 0.15) is 70.8 Å². The highest BCUT2D eigenvalue weighted by Crippen LogP contribution is 2.27. The molecule has 8 aromatic rings. The Labute approximate surface area is 390 Å². The van der Waals surface area contributed by atoms with Gasteiger partial charge in [0.2, 0.25) is 0 Å². The van der Waals surface area contributed by atoms with E-state index in [1.807, 2.05) is 86.6 Å². The van der Waals surface area contributed by atoms with Crippen LogP contribution >= 0.6 is 0 Å². The number of carboxylic acid groups (broad SMARTS) is 2. The Balaban J connectivity index is 0.000000201. The Morgan fingerprint density at radius 3 is 1.35 bits per heavy atom. The molecule has 0 bridgehead atoms. The van der Waals surface area contributed by atoms with Gasteiger partial charge in [-0.1, -0.05) is 80.6 Å². The van der Waals surface area contributed by atoms with Crippen molar-refractivity contribution in [2.45, 2.75) is 65.2 Å². The van der Waals surface area contributed by atoms with E-state index in [9.17, 15) is 37.4 Å². The fourth-order valence-electron chi connectivity index (χ4n) is 7.69. The Bertz CT molecular complexity index is 2940. The van der Waals surface area contributed by atoms with Crippen LogP contribution in [-0.2, 0) is 61.0 Å². The first-order chi connectivity index (χ1) is 32.8. The lowest BCUT2D eigenvalue weighted by atomic mass is 9.95. The molecule has 8 rings (SSSR count). The van der Waals surface area contributed by atoms with Gasteiger partial charge < -0.3 is 19.0 Å². The van der Waals surface area contributed by atoms with Crippen LogP contribution in [0.3, 0.4) is 0 Å². The smallest absolute Gasteiger partial charge is 0.307 e. The second-order valence-corrected chi connectivity index (χ2v) is 16.2. The van der Waals surface area contributed by atoms with Gasteiger partial charge in [-0.15, -0.1) is 0 Å². The Morgan fingerprint density at radius 2 is 0.941 bits per heavy atom. The molecular weight excluding hydrogens is 877 g/mol. The molecular formula is C54H48F4N4O6. The van der Waals surface area contributed by atoms with Crippen LogP contribution in [0.2, 0.25) is 0 Å². The number of aromatic nitrogens is 4. The van der Waals surface area contributed by atoms with Crippen molar-refractivity contribution >= 4 is 11.9 Å². The summed E-state index contributed by atoms with van der Waals surface area (Å²) in [5.41, 5.74) is 4.72. The molecule has 0 aliphatic rings. The van der Waals surface area contributed by atoms with Gasteiger partial charge in [0.15, 0.2) is 0 Å². The molecule has 4 aromatic carbocycles. The van der Waals surface area contributed by atoms with Gasteiger partial charge in [-0.2, -0.15) is 0 Å². The van der Waals surface area contributed by atoms with Crippen LogP contribution < -0.4 is 0 Å². The van der Waals surface area contributed by atoms with Gasteiger partial charge in [0, 0.05) is 74.1 Å². The lowest BCUT2D eigenvalue weighted by molar-refractivity contribution is -0.142. The average Bonchev–Trinajstić information content (AvgIpc) is 4.00. The topological polar surface area (TPSA) is 152 Å². The van der Waals surface area contributed by atoms with Crippen LogP contribution in [0.15, 0.2) is 143 Å². The van der Waals surface area contributed by atoms with E-state index in [1.165, 1.54) is 30.3 Å². The molecule has 4 heterocycles. The van der Waals surface area contributed by atoms with Crippen LogP contribution in [-0.4, -0.2) is 42.1 Å². The molecule has 68 heavy (non-hydrogen) atoms. The van der Waals surface area contributed by atoms with Crippen molar-refractivity contribution in [3.8, 4) is 22.5 Å². The molecule has 0 aliphatic heterocycles. The molecule has 14 heteroatoms. The molecule has 0 fully saturated rings. The summed E-state index contributed by atoms with van der Waals surface area (Å²) < 4.78 is 67.8. The number of carboxylic acids is 2. The number of carbonyl (C=O) groups is 2. The van der Waals surface area contributed by atoms with Crippen molar-refractivity contribution in [1.29, 1.82) is 0 Å². The van der Waals surface area contributed by atoms with E-state index in [4.69, 9.17) is 13.8 Å². The van der Waals surface area contributed by atoms with Gasteiger partial charge in [-0.25, -0.2) is 27.5 Å². The molecule has 0 amide bonds. The van der Waals surface area contributed by atoms with Crippen LogP contribution in [0.25, 0.3) is 22.5 Å². The van der Waals surface area contributed by atoms with Gasteiger partial charge in [0.05, 0.1) is 58.4 Å². The van der Waals surface area contributed by atoms with E-state index in [-0.39, 0.29) is 44.1 Å². The van der Waals surface area contributed by atoms with Crippen molar-refractivity contribution in [3.05, 3.63) is 214 Å². The minimum Gasteiger partial charge on any atom is -0.481 e. The van der Waals surface area contributed by atoms with E-state index in [0.717, 1.165) is 35.1 Å². The summed E-state index contributed by atoms with van der Waals surface area (Å²) in [5.74, 6) is -3.63. The Kier molecular flexibility index (Phi) is 16.0. The number of halogens is 4. The molecule has 0 aliphatic carbocycles. The van der Waals surface area contributed by atoms with Crippen LogP contribution in [0, 0.1) is 35.1 Å². The highest BCUT2D eigenvalue weighted by molar-refractivity contribution is 5.71. The van der Waals surface area contributed by atoms with Crippen molar-refractivity contribution < 1.29 is 46.2 Å². The number of hydrogen-bond acceptors (Lipinski definition) is 8. The third-order valence-corrected chi connectivity index (χ3v) is 11.3. The van der Waals surface area contributed by atoms with Crippen molar-refractivity contribution in [1.82, 2.24) is 19.9 Å². The molecule has 2 atom stereocenters. The third kappa shape index (κ3) is 12.8. The molecule has 348 valence electrons. The van der Waals surface area contributed by atoms with E-state index >= 15 is 0 Å². The number of furan rings is 2. The summed E-state index contributed by atoms with van der Waals surface area (Å²) in [7, 11) is 0. The molecule has 0 saturated carbocycles. The standard InChI is InChI=1S/2C27H24F2N2O3/c1-2-19-11-12-20(34-19)13-18(27(32)33)14-24-25(15-21-22(28)9-6-10-23(21)29)31-26(16-30-24)17-7-4-3-5-8-17;1-2-22-8-9-23(34-22)13-19(27(32)33)14-24-25(12-17-10-20(28)15-21(29)11-17)31-26(16-30-24)18-6-4-3-5-7-18/h3-12,16,18H,2,13-15H2,1H3,(H,32,33);3-11,15-16,19H,2,12-14H2,1H3,(H,32,33). The maximum absolute atomic E-state index is 14.4. The van der Waals surface area contributed by atoms with Gasteiger partial charge in [0.25, 0.3) is 0 Å². The van der Waals surface area contributed by atoms with Crippen molar-refractivity contribution in [3.63, 3.8) is 0 Å². The fourth-order valence-corrected chi connectivity index (χ4v) is 7.69. The monoisotopic (exact) mass is 924 g/mol. The quantitative estimate of drug-likeness (QED) is 0.0795. The Morgan fingerprint density at radius 1 is 0.515 bits per heavy atom. The summed E-state index contributed by atoms with van der Waals surface area (Å²) in [6.45, 7) is 3.91. The van der Waals surface area contributed by atoms with Gasteiger partial charge in [-0.3, -0.25) is 19.6 Å². The molecule has 4 aromatic heterocycles. The van der Waals surface area contributed by atoms with Crippen molar-refractivity contribution in [2.24, 2.45) is 11.8 Å². The maximum Gasteiger partial charge on any atom is 0.307 e. The SMILES string of the molecule is CCc1ccc(CC(Cc2ncc(-c3ccccc3)nc2Cc2c(F)cccc2F)C(=O)O)o1.CCc1ccc(CC(Cc2ncc(-c3ccccc3)nc2Cc2cc(F)cc(F)c2)C(=O)O)o1. The number of rotatable bonds is 18. The van der Waals surface area contributed by atoms with Crippen LogP contribution in [0.4, 0.5) is 17.6 Å². The molecule has 0 saturated heterocycles. The molecule has 10 nitrogen and oxygen atoms in total. The minimum absolute atomic E-state index is 0.0466. The predicted octanol–water partition coefficient (Wildman–Crippen LogP) is 11.3. The average molecular weight is 925 g/mol. The summed E-state index contributed by atoms with van der Waals surface area (Å²) in [4.78, 5) is 42.5. The molecule has 0 radical (unpaired) electrons. The van der Waals surface area contributed by atoms with Gasteiger partial charge >= 0.3 is 11.9 Å². The summed E-state index contributed by atoms with van der Waals surface area (Å²) >= 11 is 0. The summed E-state index contributed by atoms with van der Waals surface area (Å²) in [6.07, 6.45) is 5.09. The second-order valence-electron chi connectivity index (χ2n) is 16.2. The van der Waals surface area contributed by atoms with E-state index in [0.29, 0.717) is 57.7 Å². The number of aliphatic carboxylic acids is 2. The fraction of sp³-hybridized carbons (Fsp3) is 0.222. The zero-order chi connectivity index (χ0) is 48.2. The number of aryl methyl sites for hydroxylation is 2. The third-order valence-electron chi connectivity index (χ3n) is 11.3. The zero-order valence-corrected chi connectivity index (χ0v) is 37.3. The van der Waals surface area contributed by atoms with E-state index < -0.39 is 47.0 Å². The maximum atomic E-state index is 14.4. The van der Waals surface area contributed by atoms with Crippen LogP contribution in [0.5, 0.6) is 0 Å². The highest BCUT2D eigenvalue weighted by atomic mass is 19.1. The first-order valence-electron chi connectivity index (χ1n) is 22.1. The van der Waals surface area contributed by atoms with E-state index in [1.54, 1.807) is 24.5 Å². The number of nitrogens with zero attached hydrogens (tertiary/aromatic N) is 4. The molecule has 0 spiro atoms. The summed E-state index contributed by atoms with van der Waals surface area (Å²) in [5, 5.41) is 19.7. The number of benzene rings is 4. The lowest BCUT2D eigenvalue weighted by Crippen LogP contribution is -2.21. The minimum atomic E-state index is -1.01. The van der Waals surface area contributed by atoms with Gasteiger partial charge in [-0.05, 0) is 54.1 Å². The predicted molar refractivity (Wildman–Crippen MR) is 247 cm³/mol. The second kappa shape index (κ2) is 22.6. The van der Waals surface area contributed by atoms with Gasteiger partial charge in [0.1, 0.15) is 46.3 Å². The van der Waals surface area contributed by atoms with E-state index in [2.05, 4.69) is 15.0 Å². The number of hydrogen-bond donors (Lipinski definition) is 2. The zero-order valence-electron chi connectivity index (χ0n) is 37.3. The molecule has 2 unspecified atom stereocenters. The first-order valence-corrected chi connectivity index (χ1v) is 22.1. The highest BCUT2D eigenvalue weighted by Gasteiger charge is 2.26. The normalized spacial score (nSPS) is 12.0. The first kappa shape index (κ1) is 48.2. The largest absolute Gasteiger partial charge is 0.481 e.